The monoisotopic (exact) mass is 271 g/mol. The number of guanidine groups is 1. The van der Waals surface area contributed by atoms with E-state index in [9.17, 15) is 0 Å². The van der Waals surface area contributed by atoms with E-state index in [-0.39, 0.29) is 5.54 Å². The molecule has 1 heterocycles. The highest BCUT2D eigenvalue weighted by Gasteiger charge is 2.49. The molecule has 3 rings (SSSR count). The first-order valence-electron chi connectivity index (χ1n) is 7.90. The zero-order valence-electron chi connectivity index (χ0n) is 12.4. The van der Waals surface area contributed by atoms with Crippen LogP contribution in [0.15, 0.2) is 35.3 Å². The van der Waals surface area contributed by atoms with Crippen LogP contribution >= 0.6 is 0 Å². The van der Waals surface area contributed by atoms with Gasteiger partial charge in [0.25, 0.3) is 0 Å². The second-order valence-electron chi connectivity index (χ2n) is 6.14. The Balaban J connectivity index is 1.96. The van der Waals surface area contributed by atoms with E-state index in [0.717, 1.165) is 25.5 Å². The average Bonchev–Trinajstić information content (AvgIpc) is 2.79. The minimum atomic E-state index is 0.139. The van der Waals surface area contributed by atoms with E-state index in [4.69, 9.17) is 5.73 Å². The van der Waals surface area contributed by atoms with Crippen molar-refractivity contribution in [2.45, 2.75) is 50.5 Å². The molecule has 3 nitrogen and oxygen atoms in total. The Bertz CT molecular complexity index is 482. The predicted molar refractivity (Wildman–Crippen MR) is 83.9 cm³/mol. The summed E-state index contributed by atoms with van der Waals surface area (Å²) < 4.78 is 0. The third kappa shape index (κ3) is 2.09. The summed E-state index contributed by atoms with van der Waals surface area (Å²) in [5, 5.41) is 0. The van der Waals surface area contributed by atoms with Crippen LogP contribution < -0.4 is 5.73 Å². The largest absolute Gasteiger partial charge is 0.370 e. The number of nitrogens with two attached hydrogens (primary N) is 1. The first-order chi connectivity index (χ1) is 9.78. The van der Waals surface area contributed by atoms with Gasteiger partial charge in [-0.25, -0.2) is 0 Å². The molecule has 0 bridgehead atoms. The van der Waals surface area contributed by atoms with Gasteiger partial charge in [0, 0.05) is 12.5 Å². The van der Waals surface area contributed by atoms with Crippen LogP contribution in [-0.4, -0.2) is 29.5 Å². The third-order valence-electron chi connectivity index (χ3n) is 4.98. The summed E-state index contributed by atoms with van der Waals surface area (Å²) in [7, 11) is 0. The molecule has 0 saturated heterocycles. The molecule has 2 unspecified atom stereocenters. The molecule has 2 aliphatic rings. The second-order valence-corrected chi connectivity index (χ2v) is 6.14. The zero-order valence-corrected chi connectivity index (χ0v) is 12.4. The Morgan fingerprint density at radius 1 is 1.30 bits per heavy atom. The van der Waals surface area contributed by atoms with E-state index in [2.05, 4.69) is 47.1 Å². The van der Waals surface area contributed by atoms with Gasteiger partial charge >= 0.3 is 0 Å². The first-order valence-corrected chi connectivity index (χ1v) is 7.90. The van der Waals surface area contributed by atoms with Crippen molar-refractivity contribution in [1.29, 1.82) is 0 Å². The van der Waals surface area contributed by atoms with E-state index < -0.39 is 0 Å². The molecule has 1 spiro atoms. The minimum absolute atomic E-state index is 0.139. The van der Waals surface area contributed by atoms with Gasteiger partial charge in [0.05, 0.1) is 12.1 Å². The van der Waals surface area contributed by atoms with Crippen LogP contribution in [-0.2, 0) is 0 Å². The second kappa shape index (κ2) is 5.47. The number of benzene rings is 1. The summed E-state index contributed by atoms with van der Waals surface area (Å²) in [4.78, 5) is 7.02. The summed E-state index contributed by atoms with van der Waals surface area (Å²) in [5.41, 5.74) is 7.78. The van der Waals surface area contributed by atoms with Gasteiger partial charge in [0.1, 0.15) is 0 Å². The smallest absolute Gasteiger partial charge is 0.191 e. The van der Waals surface area contributed by atoms with Gasteiger partial charge in [0.2, 0.25) is 0 Å². The highest BCUT2D eigenvalue weighted by Crippen LogP contribution is 2.46. The van der Waals surface area contributed by atoms with Crippen molar-refractivity contribution in [2.75, 3.05) is 13.1 Å². The van der Waals surface area contributed by atoms with E-state index in [1.54, 1.807) is 0 Å². The van der Waals surface area contributed by atoms with Gasteiger partial charge < -0.3 is 10.6 Å². The maximum absolute atomic E-state index is 6.19. The predicted octanol–water partition coefficient (Wildman–Crippen LogP) is 3.12. The molecule has 108 valence electrons. The minimum Gasteiger partial charge on any atom is -0.370 e. The molecule has 1 fully saturated rings. The molecule has 2 atom stereocenters. The number of rotatable bonds is 3. The third-order valence-corrected chi connectivity index (χ3v) is 4.98. The number of hydrogen-bond acceptors (Lipinski definition) is 3. The molecule has 20 heavy (non-hydrogen) atoms. The summed E-state index contributed by atoms with van der Waals surface area (Å²) in [5.74, 6) is 1.32. The highest BCUT2D eigenvalue weighted by atomic mass is 15.4. The van der Waals surface area contributed by atoms with Crippen LogP contribution in [0.3, 0.4) is 0 Å². The Morgan fingerprint density at radius 3 is 2.85 bits per heavy atom. The van der Waals surface area contributed by atoms with Crippen LogP contribution in [0.2, 0.25) is 0 Å². The Hall–Kier alpha value is -1.51. The molecule has 2 N–H and O–H groups in total. The molecule has 1 aromatic carbocycles. The summed E-state index contributed by atoms with van der Waals surface area (Å²) in [6, 6.07) is 11.0. The summed E-state index contributed by atoms with van der Waals surface area (Å²) in [6.07, 6.45) is 6.22. The molecule has 1 aromatic rings. The van der Waals surface area contributed by atoms with Crippen LogP contribution in [0.1, 0.15) is 50.5 Å². The van der Waals surface area contributed by atoms with Crippen molar-refractivity contribution in [3.63, 3.8) is 0 Å². The molecule has 1 saturated carbocycles. The fourth-order valence-electron chi connectivity index (χ4n) is 4.07. The normalized spacial score (nSPS) is 29.8. The van der Waals surface area contributed by atoms with Gasteiger partial charge in [-0.1, -0.05) is 50.1 Å². The number of aliphatic imine (C=N–C) groups is 1. The highest BCUT2D eigenvalue weighted by molar-refractivity contribution is 5.81. The SMILES string of the molecule is CCCN1C(N)=NCC12CCCCC2c1ccccc1. The van der Waals surface area contributed by atoms with Gasteiger partial charge in [0.15, 0.2) is 5.96 Å². The lowest BCUT2D eigenvalue weighted by atomic mass is 9.69. The van der Waals surface area contributed by atoms with Crippen molar-refractivity contribution < 1.29 is 0 Å². The van der Waals surface area contributed by atoms with Gasteiger partial charge in [-0.3, -0.25) is 4.99 Å². The van der Waals surface area contributed by atoms with Gasteiger partial charge in [-0.05, 0) is 24.8 Å². The zero-order chi connectivity index (χ0) is 14.0. The van der Waals surface area contributed by atoms with E-state index in [1.807, 2.05) is 0 Å². The lowest BCUT2D eigenvalue weighted by molar-refractivity contribution is 0.114. The van der Waals surface area contributed by atoms with Crippen molar-refractivity contribution in [3.8, 4) is 0 Å². The van der Waals surface area contributed by atoms with Crippen LogP contribution in [0, 0.1) is 0 Å². The molecule has 3 heteroatoms. The lowest BCUT2D eigenvalue weighted by Gasteiger charge is -2.48. The van der Waals surface area contributed by atoms with Crippen molar-refractivity contribution in [3.05, 3.63) is 35.9 Å². The van der Waals surface area contributed by atoms with Crippen LogP contribution in [0.25, 0.3) is 0 Å². The maximum Gasteiger partial charge on any atom is 0.191 e. The van der Waals surface area contributed by atoms with Crippen LogP contribution in [0.5, 0.6) is 0 Å². The molecule has 0 amide bonds. The van der Waals surface area contributed by atoms with Crippen molar-refractivity contribution >= 4 is 5.96 Å². The molecular formula is C17H25N3. The fraction of sp³-hybridized carbons (Fsp3) is 0.588. The topological polar surface area (TPSA) is 41.6 Å². The van der Waals surface area contributed by atoms with E-state index in [1.165, 1.54) is 31.2 Å². The Kier molecular flexibility index (Phi) is 3.68. The van der Waals surface area contributed by atoms with E-state index >= 15 is 0 Å². The molecule has 1 aliphatic carbocycles. The molecular weight excluding hydrogens is 246 g/mol. The molecule has 0 radical (unpaired) electrons. The number of nitrogens with zero attached hydrogens (tertiary/aromatic N) is 2. The first kappa shape index (κ1) is 13.5. The van der Waals surface area contributed by atoms with Gasteiger partial charge in [-0.15, -0.1) is 0 Å². The molecule has 0 aromatic heterocycles. The number of hydrogen-bond donors (Lipinski definition) is 1. The maximum atomic E-state index is 6.19. The average molecular weight is 271 g/mol. The van der Waals surface area contributed by atoms with Gasteiger partial charge in [-0.2, -0.15) is 0 Å². The fourth-order valence-corrected chi connectivity index (χ4v) is 4.07. The summed E-state index contributed by atoms with van der Waals surface area (Å²) >= 11 is 0. The quantitative estimate of drug-likeness (QED) is 0.917. The van der Waals surface area contributed by atoms with Crippen LogP contribution in [0.4, 0.5) is 0 Å². The van der Waals surface area contributed by atoms with E-state index in [0.29, 0.717) is 5.92 Å². The lowest BCUT2D eigenvalue weighted by Crippen LogP contribution is -2.56. The summed E-state index contributed by atoms with van der Waals surface area (Å²) in [6.45, 7) is 4.12. The standard InChI is InChI=1S/C17H25N3/c1-2-12-20-16(18)19-13-17(20)11-7-6-10-15(17)14-8-4-3-5-9-14/h3-5,8-9,15H,2,6-7,10-13H2,1H3,(H2,18,19). The Morgan fingerprint density at radius 2 is 2.10 bits per heavy atom. The van der Waals surface area contributed by atoms with Crippen molar-refractivity contribution in [1.82, 2.24) is 4.90 Å². The Labute approximate surface area is 121 Å². The molecule has 1 aliphatic heterocycles. The van der Waals surface area contributed by atoms with Crippen molar-refractivity contribution in [2.24, 2.45) is 10.7 Å².